The minimum absolute atomic E-state index is 0. The van der Waals surface area contributed by atoms with E-state index < -0.39 is 37.3 Å². The Bertz CT molecular complexity index is 594. The molecule has 2 rings (SSSR count). The largest absolute Gasteiger partial charge is 1.00 e. The fourth-order valence-electron chi connectivity index (χ4n) is 3.15. The molecule has 0 aliphatic carbocycles. The molecule has 1 aliphatic rings. The Balaban J connectivity index is 0.00000450. The topological polar surface area (TPSA) is 109 Å². The van der Waals surface area contributed by atoms with Crippen LogP contribution in [0.1, 0.15) is 25.7 Å². The van der Waals surface area contributed by atoms with Crippen molar-refractivity contribution >= 4 is 0 Å². The smallest absolute Gasteiger partial charge is 0.229 e. The lowest BCUT2D eigenvalue weighted by molar-refractivity contribution is -0.870. The van der Waals surface area contributed by atoms with E-state index in [4.69, 9.17) is 14.2 Å². The van der Waals surface area contributed by atoms with E-state index in [0.717, 1.165) is 23.1 Å². The number of nitrogens with zero attached hydrogens (tertiary/aromatic N) is 1. The predicted octanol–water partition coefficient (Wildman–Crippen LogP) is -2.49. The second-order valence-electron chi connectivity index (χ2n) is 8.56. The van der Waals surface area contributed by atoms with Gasteiger partial charge in [0.05, 0.1) is 40.9 Å². The second-order valence-corrected chi connectivity index (χ2v) is 8.56. The third-order valence-corrected chi connectivity index (χ3v) is 4.92. The van der Waals surface area contributed by atoms with Crippen LogP contribution in [0.25, 0.3) is 0 Å². The zero-order valence-corrected chi connectivity index (χ0v) is 19.6. The lowest BCUT2D eigenvalue weighted by atomic mass is 9.99. The van der Waals surface area contributed by atoms with Crippen molar-refractivity contribution in [2.75, 3.05) is 40.9 Å². The molecule has 9 heteroatoms. The molecule has 0 unspecified atom stereocenters. The fourth-order valence-corrected chi connectivity index (χ4v) is 3.15. The summed E-state index contributed by atoms with van der Waals surface area (Å²) < 4.78 is 17.6. The van der Waals surface area contributed by atoms with E-state index in [1.807, 2.05) is 0 Å². The number of rotatable bonds is 11. The highest BCUT2D eigenvalue weighted by Crippen LogP contribution is 2.25. The van der Waals surface area contributed by atoms with Crippen molar-refractivity contribution in [2.24, 2.45) is 0 Å². The Hall–Kier alpha value is -0.940. The molecule has 1 aromatic carbocycles. The average Bonchev–Trinajstić information content (AvgIpc) is 2.68. The van der Waals surface area contributed by atoms with Crippen molar-refractivity contribution in [1.82, 2.24) is 0 Å². The summed E-state index contributed by atoms with van der Waals surface area (Å²) in [5.74, 6) is 1.14. The molecule has 174 valence electrons. The van der Waals surface area contributed by atoms with Gasteiger partial charge in [-0.25, -0.2) is 0 Å². The molecule has 0 bridgehead atoms. The van der Waals surface area contributed by atoms with Crippen LogP contribution in [0.15, 0.2) is 24.3 Å². The normalized spacial score (nSPS) is 26.7. The van der Waals surface area contributed by atoms with Gasteiger partial charge in [-0.3, -0.25) is 0 Å². The molecule has 1 aromatic rings. The predicted molar refractivity (Wildman–Crippen MR) is 108 cm³/mol. The van der Waals surface area contributed by atoms with Crippen molar-refractivity contribution < 1.29 is 56.1 Å². The first kappa shape index (κ1) is 27.1. The summed E-state index contributed by atoms with van der Waals surface area (Å²) in [6.45, 7) is 1.33. The maximum absolute atomic E-state index is 10.0. The second kappa shape index (κ2) is 12.8. The van der Waals surface area contributed by atoms with Gasteiger partial charge in [-0.05, 0) is 49.9 Å². The molecule has 0 amide bonds. The molecule has 30 heavy (non-hydrogen) atoms. The molecule has 0 spiro atoms. The third-order valence-electron chi connectivity index (χ3n) is 4.92. The number of ether oxygens (including phenoxy) is 3. The number of benzene rings is 1. The van der Waals surface area contributed by atoms with E-state index in [9.17, 15) is 20.4 Å². The number of hydrogen-bond donors (Lipinski definition) is 4. The summed E-state index contributed by atoms with van der Waals surface area (Å²) in [4.78, 5) is 0. The first-order valence-electron chi connectivity index (χ1n) is 10.2. The van der Waals surface area contributed by atoms with Crippen LogP contribution in [0.4, 0.5) is 0 Å². The van der Waals surface area contributed by atoms with Crippen LogP contribution in [0.3, 0.4) is 0 Å². The van der Waals surface area contributed by atoms with Gasteiger partial charge in [-0.1, -0.05) is 0 Å². The molecule has 5 atom stereocenters. The Labute approximate surface area is 189 Å². The summed E-state index contributed by atoms with van der Waals surface area (Å²) in [5, 5.41) is 38.8. The SMILES string of the molecule is C[N+](C)(C)CCCCCCOc1ccc(O[C@@H]2O[C@H](CO)[C@@H](O)[C@H](O)[C@H]2O)cc1.[Br-]. The standard InChI is InChI=1S/C21H36NO7.BrH/c1-22(2,3)12-6-4-5-7-13-27-15-8-10-16(11-9-15)28-21-20(26)19(25)18(24)17(14-23)29-21;/h8-11,17-21,23-26H,4-7,12-14H2,1-3H3;1H/q+1;/p-1/t17-,18-,19+,20-,21-;/m1./s1. The average molecular weight is 494 g/mol. The van der Waals surface area contributed by atoms with Gasteiger partial charge in [0.2, 0.25) is 6.29 Å². The van der Waals surface area contributed by atoms with Crippen molar-refractivity contribution in [3.63, 3.8) is 0 Å². The molecule has 1 heterocycles. The molecule has 8 nitrogen and oxygen atoms in total. The maximum Gasteiger partial charge on any atom is 0.229 e. The highest BCUT2D eigenvalue weighted by Gasteiger charge is 2.44. The first-order valence-corrected chi connectivity index (χ1v) is 10.2. The molecule has 1 aliphatic heterocycles. The summed E-state index contributed by atoms with van der Waals surface area (Å²) in [7, 11) is 6.61. The molecule has 0 saturated carbocycles. The van der Waals surface area contributed by atoms with Crippen LogP contribution in [0, 0.1) is 0 Å². The Morgan fingerprint density at radius 1 is 0.867 bits per heavy atom. The van der Waals surface area contributed by atoms with Crippen LogP contribution in [0.5, 0.6) is 11.5 Å². The van der Waals surface area contributed by atoms with Crippen LogP contribution in [-0.4, -0.2) is 96.5 Å². The van der Waals surface area contributed by atoms with Gasteiger partial charge in [0.15, 0.2) is 0 Å². The lowest BCUT2D eigenvalue weighted by Gasteiger charge is -2.39. The van der Waals surface area contributed by atoms with E-state index in [0.29, 0.717) is 12.4 Å². The van der Waals surface area contributed by atoms with Crippen LogP contribution < -0.4 is 26.5 Å². The number of hydrogen-bond acceptors (Lipinski definition) is 7. The van der Waals surface area contributed by atoms with Crippen molar-refractivity contribution in [2.45, 2.75) is 56.4 Å². The van der Waals surface area contributed by atoms with E-state index in [1.165, 1.54) is 19.4 Å². The van der Waals surface area contributed by atoms with E-state index >= 15 is 0 Å². The highest BCUT2D eigenvalue weighted by atomic mass is 79.9. The van der Waals surface area contributed by atoms with Gasteiger partial charge >= 0.3 is 0 Å². The number of unbranched alkanes of at least 4 members (excludes halogenated alkanes) is 3. The summed E-state index contributed by atoms with van der Waals surface area (Å²) in [6, 6.07) is 6.88. The van der Waals surface area contributed by atoms with Gasteiger partial charge in [0.1, 0.15) is 35.9 Å². The third kappa shape index (κ3) is 8.66. The zero-order chi connectivity index (χ0) is 21.4. The van der Waals surface area contributed by atoms with Crippen LogP contribution >= 0.6 is 0 Å². The molecular weight excluding hydrogens is 458 g/mol. The Morgan fingerprint density at radius 3 is 2.07 bits per heavy atom. The number of aliphatic hydroxyl groups is 4. The minimum Gasteiger partial charge on any atom is -1.00 e. The van der Waals surface area contributed by atoms with E-state index in [1.54, 1.807) is 24.3 Å². The summed E-state index contributed by atoms with van der Waals surface area (Å²) >= 11 is 0. The monoisotopic (exact) mass is 493 g/mol. The van der Waals surface area contributed by atoms with Gasteiger partial charge in [0, 0.05) is 0 Å². The van der Waals surface area contributed by atoms with Crippen molar-refractivity contribution in [3.05, 3.63) is 24.3 Å². The van der Waals surface area contributed by atoms with Crippen molar-refractivity contribution in [1.29, 1.82) is 0 Å². The minimum atomic E-state index is -1.46. The van der Waals surface area contributed by atoms with Gasteiger partial charge in [0.25, 0.3) is 0 Å². The molecule has 0 aromatic heterocycles. The molecule has 1 fully saturated rings. The Kier molecular flexibility index (Phi) is 11.6. The van der Waals surface area contributed by atoms with Gasteiger partial charge in [-0.15, -0.1) is 0 Å². The van der Waals surface area contributed by atoms with E-state index in [-0.39, 0.29) is 17.0 Å². The lowest BCUT2D eigenvalue weighted by Crippen LogP contribution is -3.00. The summed E-state index contributed by atoms with van der Waals surface area (Å²) in [5.41, 5.74) is 0. The fraction of sp³-hybridized carbons (Fsp3) is 0.714. The van der Waals surface area contributed by atoms with E-state index in [2.05, 4.69) is 21.1 Å². The molecular formula is C21H36BrNO7. The molecule has 1 saturated heterocycles. The highest BCUT2D eigenvalue weighted by molar-refractivity contribution is 5.31. The molecule has 0 radical (unpaired) electrons. The number of halogens is 1. The quantitative estimate of drug-likeness (QED) is 0.199. The zero-order valence-electron chi connectivity index (χ0n) is 18.0. The Morgan fingerprint density at radius 2 is 1.47 bits per heavy atom. The summed E-state index contributed by atoms with van der Waals surface area (Å²) in [6.07, 6.45) is -1.93. The van der Waals surface area contributed by atoms with Gasteiger partial charge < -0.3 is 56.1 Å². The van der Waals surface area contributed by atoms with Gasteiger partial charge in [-0.2, -0.15) is 0 Å². The number of quaternary nitrogens is 1. The van der Waals surface area contributed by atoms with Crippen molar-refractivity contribution in [3.8, 4) is 11.5 Å². The maximum atomic E-state index is 10.0. The van der Waals surface area contributed by atoms with Crippen LogP contribution in [-0.2, 0) is 4.74 Å². The first-order chi connectivity index (χ1) is 13.7. The van der Waals surface area contributed by atoms with Crippen LogP contribution in [0.2, 0.25) is 0 Å². The molecule has 4 N–H and O–H groups in total. The number of aliphatic hydroxyl groups excluding tert-OH is 4.